The highest BCUT2D eigenvalue weighted by Crippen LogP contribution is 2.18. The van der Waals surface area contributed by atoms with E-state index < -0.39 is 0 Å². The van der Waals surface area contributed by atoms with Gasteiger partial charge in [0.15, 0.2) is 6.61 Å². The van der Waals surface area contributed by atoms with Crippen LogP contribution in [0, 0.1) is 13.8 Å². The van der Waals surface area contributed by atoms with E-state index in [4.69, 9.17) is 9.47 Å². The number of benzene rings is 1. The molecule has 0 radical (unpaired) electrons. The van der Waals surface area contributed by atoms with Crippen molar-refractivity contribution < 1.29 is 14.3 Å². The summed E-state index contributed by atoms with van der Waals surface area (Å²) in [7, 11) is 1.61. The fourth-order valence-corrected chi connectivity index (χ4v) is 2.71. The third-order valence-electron chi connectivity index (χ3n) is 4.13. The molecule has 0 atom stereocenters. The van der Waals surface area contributed by atoms with Crippen LogP contribution in [0.1, 0.15) is 47.9 Å². The van der Waals surface area contributed by atoms with Crippen LogP contribution in [0.15, 0.2) is 24.3 Å². The van der Waals surface area contributed by atoms with Crippen molar-refractivity contribution in [3.8, 4) is 11.5 Å². The van der Waals surface area contributed by atoms with Crippen LogP contribution in [0.25, 0.3) is 0 Å². The summed E-state index contributed by atoms with van der Waals surface area (Å²) in [6.45, 7) is 6.06. The van der Waals surface area contributed by atoms with Crippen molar-refractivity contribution in [1.82, 2.24) is 9.78 Å². The highest BCUT2D eigenvalue weighted by atomic mass is 16.5. The molecule has 5 nitrogen and oxygen atoms in total. The zero-order valence-electron chi connectivity index (χ0n) is 15.0. The zero-order valence-corrected chi connectivity index (χ0v) is 15.0. The van der Waals surface area contributed by atoms with Gasteiger partial charge in [-0.1, -0.05) is 19.8 Å². The van der Waals surface area contributed by atoms with Crippen molar-refractivity contribution in [3.63, 3.8) is 0 Å². The quantitative estimate of drug-likeness (QED) is 0.688. The van der Waals surface area contributed by atoms with Gasteiger partial charge in [-0.3, -0.25) is 4.79 Å². The molecule has 130 valence electrons. The van der Waals surface area contributed by atoms with E-state index in [1.807, 2.05) is 13.8 Å². The topological polar surface area (TPSA) is 53.4 Å². The number of carbonyl (C=O) groups is 1. The van der Waals surface area contributed by atoms with Gasteiger partial charge in [0.2, 0.25) is 0 Å². The third kappa shape index (κ3) is 4.37. The lowest BCUT2D eigenvalue weighted by atomic mass is 10.1. The second-order valence-electron chi connectivity index (χ2n) is 5.88. The molecule has 1 aromatic carbocycles. The van der Waals surface area contributed by atoms with Crippen molar-refractivity contribution in [2.75, 3.05) is 13.7 Å². The number of hydrogen-bond acceptors (Lipinski definition) is 4. The van der Waals surface area contributed by atoms with Crippen LogP contribution < -0.4 is 9.47 Å². The van der Waals surface area contributed by atoms with Crippen molar-refractivity contribution in [2.24, 2.45) is 0 Å². The Morgan fingerprint density at radius 3 is 2.42 bits per heavy atom. The van der Waals surface area contributed by atoms with Crippen LogP contribution in [-0.4, -0.2) is 29.4 Å². The predicted octanol–water partition coefficient (Wildman–Crippen LogP) is 3.96. The Labute approximate surface area is 143 Å². The number of methoxy groups -OCH3 is 1. The van der Waals surface area contributed by atoms with Crippen LogP contribution >= 0.6 is 0 Å². The highest BCUT2D eigenvalue weighted by molar-refractivity contribution is 5.80. The Hall–Kier alpha value is -2.30. The van der Waals surface area contributed by atoms with Crippen LogP contribution in [0.5, 0.6) is 11.5 Å². The van der Waals surface area contributed by atoms with Crippen LogP contribution in [0.4, 0.5) is 0 Å². The van der Waals surface area contributed by atoms with Gasteiger partial charge in [-0.25, -0.2) is 4.68 Å². The molecule has 0 saturated carbocycles. The van der Waals surface area contributed by atoms with E-state index in [1.165, 1.54) is 23.1 Å². The average Bonchev–Trinajstić information content (AvgIpc) is 2.88. The standard InChI is InChI=1S/C19H26N2O3/c1-5-6-7-8-18-14(2)20-21(15(18)3)19(22)13-24-17-11-9-16(23-4)10-12-17/h9-12H,5-8,13H2,1-4H3. The molecule has 1 heterocycles. The molecule has 0 N–H and O–H groups in total. The number of aromatic nitrogens is 2. The summed E-state index contributed by atoms with van der Waals surface area (Å²) in [5.41, 5.74) is 3.04. The number of nitrogens with zero attached hydrogens (tertiary/aromatic N) is 2. The minimum Gasteiger partial charge on any atom is -0.497 e. The van der Waals surface area contributed by atoms with Gasteiger partial charge in [-0.15, -0.1) is 0 Å². The second-order valence-corrected chi connectivity index (χ2v) is 5.88. The molecule has 0 aliphatic rings. The van der Waals surface area contributed by atoms with E-state index in [0.717, 1.165) is 30.0 Å². The fraction of sp³-hybridized carbons (Fsp3) is 0.474. The molecular weight excluding hydrogens is 304 g/mol. The zero-order chi connectivity index (χ0) is 17.5. The molecule has 0 amide bonds. The molecule has 2 rings (SSSR count). The minimum absolute atomic E-state index is 0.0390. The molecule has 5 heteroatoms. The predicted molar refractivity (Wildman–Crippen MR) is 94.0 cm³/mol. The van der Waals surface area contributed by atoms with Crippen molar-refractivity contribution >= 4 is 5.91 Å². The van der Waals surface area contributed by atoms with E-state index in [-0.39, 0.29) is 12.5 Å². The smallest absolute Gasteiger partial charge is 0.284 e. The minimum atomic E-state index is -0.159. The van der Waals surface area contributed by atoms with Crippen LogP contribution in [-0.2, 0) is 6.42 Å². The number of aryl methyl sites for hydroxylation is 1. The molecule has 0 fully saturated rings. The summed E-state index contributed by atoms with van der Waals surface area (Å²) in [4.78, 5) is 12.4. The first-order valence-corrected chi connectivity index (χ1v) is 8.42. The number of ether oxygens (including phenoxy) is 2. The van der Waals surface area contributed by atoms with E-state index in [9.17, 15) is 4.79 Å². The second kappa shape index (κ2) is 8.52. The Morgan fingerprint density at radius 1 is 1.12 bits per heavy atom. The number of unbranched alkanes of at least 4 members (excludes halogenated alkanes) is 2. The monoisotopic (exact) mass is 330 g/mol. The molecule has 24 heavy (non-hydrogen) atoms. The van der Waals surface area contributed by atoms with Gasteiger partial charge in [-0.2, -0.15) is 5.10 Å². The lowest BCUT2D eigenvalue weighted by Crippen LogP contribution is -2.21. The summed E-state index contributed by atoms with van der Waals surface area (Å²) in [6.07, 6.45) is 4.47. The number of hydrogen-bond donors (Lipinski definition) is 0. The summed E-state index contributed by atoms with van der Waals surface area (Å²) in [6, 6.07) is 7.16. The summed E-state index contributed by atoms with van der Waals surface area (Å²) in [5.74, 6) is 1.23. The van der Waals surface area contributed by atoms with Crippen molar-refractivity contribution in [2.45, 2.75) is 46.5 Å². The first-order valence-electron chi connectivity index (χ1n) is 8.42. The Morgan fingerprint density at radius 2 is 1.79 bits per heavy atom. The van der Waals surface area contributed by atoms with Gasteiger partial charge in [0, 0.05) is 5.69 Å². The molecule has 0 spiro atoms. The number of rotatable bonds is 8. The Balaban J connectivity index is 1.99. The SMILES string of the molecule is CCCCCc1c(C)nn(C(=O)COc2ccc(OC)cc2)c1C. The number of carbonyl (C=O) groups excluding carboxylic acids is 1. The van der Waals surface area contributed by atoms with Crippen molar-refractivity contribution in [1.29, 1.82) is 0 Å². The third-order valence-corrected chi connectivity index (χ3v) is 4.13. The molecule has 0 unspecified atom stereocenters. The average molecular weight is 330 g/mol. The van der Waals surface area contributed by atoms with Crippen molar-refractivity contribution in [3.05, 3.63) is 41.2 Å². The molecule has 0 aliphatic heterocycles. The molecular formula is C19H26N2O3. The maximum atomic E-state index is 12.4. The van der Waals surface area contributed by atoms with Gasteiger partial charge in [0.25, 0.3) is 5.91 Å². The Bertz CT molecular complexity index is 675. The molecule has 1 aromatic heterocycles. The lowest BCUT2D eigenvalue weighted by molar-refractivity contribution is 0.0818. The largest absolute Gasteiger partial charge is 0.497 e. The first kappa shape index (κ1) is 18.0. The maximum Gasteiger partial charge on any atom is 0.284 e. The van der Waals surface area contributed by atoms with E-state index in [2.05, 4.69) is 12.0 Å². The normalized spacial score (nSPS) is 10.7. The highest BCUT2D eigenvalue weighted by Gasteiger charge is 2.16. The summed E-state index contributed by atoms with van der Waals surface area (Å²) in [5, 5.41) is 4.40. The molecule has 0 aliphatic carbocycles. The van der Waals surface area contributed by atoms with Crippen LogP contribution in [0.2, 0.25) is 0 Å². The van der Waals surface area contributed by atoms with Gasteiger partial charge in [0.05, 0.1) is 12.8 Å². The first-order chi connectivity index (χ1) is 11.6. The maximum absolute atomic E-state index is 12.4. The van der Waals surface area contributed by atoms with Gasteiger partial charge in [-0.05, 0) is 56.5 Å². The van der Waals surface area contributed by atoms with Gasteiger partial charge >= 0.3 is 0 Å². The van der Waals surface area contributed by atoms with Gasteiger partial charge < -0.3 is 9.47 Å². The molecule has 0 bridgehead atoms. The summed E-state index contributed by atoms with van der Waals surface area (Å²) >= 11 is 0. The lowest BCUT2D eigenvalue weighted by Gasteiger charge is -2.08. The van der Waals surface area contributed by atoms with Gasteiger partial charge in [0.1, 0.15) is 11.5 Å². The molecule has 2 aromatic rings. The van der Waals surface area contributed by atoms with Crippen LogP contribution in [0.3, 0.4) is 0 Å². The van der Waals surface area contributed by atoms with E-state index >= 15 is 0 Å². The fourth-order valence-electron chi connectivity index (χ4n) is 2.71. The van der Waals surface area contributed by atoms with E-state index in [1.54, 1.807) is 31.4 Å². The van der Waals surface area contributed by atoms with E-state index in [0.29, 0.717) is 5.75 Å². The molecule has 0 saturated heterocycles. The summed E-state index contributed by atoms with van der Waals surface area (Å²) < 4.78 is 12.1. The Kier molecular flexibility index (Phi) is 6.41.